The first-order chi connectivity index (χ1) is 7.20. The molecule has 0 bridgehead atoms. The number of nitro groups is 1. The van der Waals surface area contributed by atoms with Crippen molar-refractivity contribution in [1.82, 2.24) is 0 Å². The molecule has 1 saturated heterocycles. The molecule has 15 heavy (non-hydrogen) atoms. The van der Waals surface area contributed by atoms with E-state index in [2.05, 4.69) is 4.90 Å². The van der Waals surface area contributed by atoms with Crippen LogP contribution in [-0.4, -0.2) is 29.7 Å². The molecule has 1 N–H and O–H groups in total. The van der Waals surface area contributed by atoms with Crippen molar-refractivity contribution in [2.45, 2.75) is 0 Å². The van der Waals surface area contributed by atoms with Gasteiger partial charge in [-0.3, -0.25) is 10.1 Å². The Hall–Kier alpha value is -1.62. The standard InChI is InChI=1S/C10H12N2O3/c13-7-8-5-11(6-8)9-1-3-10(4-2-9)12(14)15/h1-4,8,13H,5-7H2. The van der Waals surface area contributed by atoms with E-state index in [9.17, 15) is 10.1 Å². The summed E-state index contributed by atoms with van der Waals surface area (Å²) < 4.78 is 0. The van der Waals surface area contributed by atoms with E-state index in [0.717, 1.165) is 18.8 Å². The maximum atomic E-state index is 10.4. The molecule has 2 rings (SSSR count). The second-order valence-electron chi connectivity index (χ2n) is 3.73. The molecular weight excluding hydrogens is 196 g/mol. The van der Waals surface area contributed by atoms with Crippen molar-refractivity contribution < 1.29 is 10.0 Å². The summed E-state index contributed by atoms with van der Waals surface area (Å²) in [4.78, 5) is 12.1. The van der Waals surface area contributed by atoms with Crippen LogP contribution in [0.4, 0.5) is 11.4 Å². The first-order valence-electron chi connectivity index (χ1n) is 4.81. The van der Waals surface area contributed by atoms with Gasteiger partial charge in [-0.15, -0.1) is 0 Å². The van der Waals surface area contributed by atoms with E-state index in [4.69, 9.17) is 5.11 Å². The summed E-state index contributed by atoms with van der Waals surface area (Å²) in [5.41, 5.74) is 1.09. The molecule has 1 fully saturated rings. The summed E-state index contributed by atoms with van der Waals surface area (Å²) in [5, 5.41) is 19.3. The average molecular weight is 208 g/mol. The number of nitrogens with zero attached hydrogens (tertiary/aromatic N) is 2. The number of benzene rings is 1. The van der Waals surface area contributed by atoms with Gasteiger partial charge in [-0.2, -0.15) is 0 Å². The molecule has 1 aliphatic rings. The van der Waals surface area contributed by atoms with Crippen LogP contribution in [0.15, 0.2) is 24.3 Å². The number of non-ortho nitro benzene ring substituents is 1. The van der Waals surface area contributed by atoms with E-state index in [1.807, 2.05) is 0 Å². The molecule has 5 heteroatoms. The minimum absolute atomic E-state index is 0.109. The average Bonchev–Trinajstić information content (AvgIpc) is 2.17. The van der Waals surface area contributed by atoms with Crippen LogP contribution in [0, 0.1) is 16.0 Å². The van der Waals surface area contributed by atoms with Crippen LogP contribution in [0.5, 0.6) is 0 Å². The zero-order valence-electron chi connectivity index (χ0n) is 8.17. The van der Waals surface area contributed by atoms with Gasteiger partial charge in [0.05, 0.1) is 4.92 Å². The zero-order valence-corrected chi connectivity index (χ0v) is 8.17. The monoisotopic (exact) mass is 208 g/mol. The molecule has 0 aliphatic carbocycles. The molecule has 0 unspecified atom stereocenters. The molecule has 1 aromatic carbocycles. The van der Waals surface area contributed by atoms with Crippen LogP contribution in [0.25, 0.3) is 0 Å². The molecule has 1 aromatic rings. The van der Waals surface area contributed by atoms with Crippen LogP contribution < -0.4 is 4.90 Å². The summed E-state index contributed by atoms with van der Waals surface area (Å²) in [6.45, 7) is 1.87. The lowest BCUT2D eigenvalue weighted by Crippen LogP contribution is -2.48. The van der Waals surface area contributed by atoms with Gasteiger partial charge in [-0.1, -0.05) is 0 Å². The first kappa shape index (κ1) is 9.92. The van der Waals surface area contributed by atoms with Gasteiger partial charge in [0.1, 0.15) is 0 Å². The van der Waals surface area contributed by atoms with Crippen LogP contribution in [-0.2, 0) is 0 Å². The number of aliphatic hydroxyl groups excluding tert-OH is 1. The van der Waals surface area contributed by atoms with E-state index < -0.39 is 4.92 Å². The second kappa shape index (κ2) is 3.86. The van der Waals surface area contributed by atoms with Crippen molar-refractivity contribution >= 4 is 11.4 Å². The summed E-state index contributed by atoms with van der Waals surface area (Å²) >= 11 is 0. The van der Waals surface area contributed by atoms with Crippen molar-refractivity contribution in [3.05, 3.63) is 34.4 Å². The molecule has 80 valence electrons. The highest BCUT2D eigenvalue weighted by molar-refractivity contribution is 5.52. The van der Waals surface area contributed by atoms with Crippen molar-refractivity contribution in [3.63, 3.8) is 0 Å². The van der Waals surface area contributed by atoms with Crippen LogP contribution >= 0.6 is 0 Å². The lowest BCUT2D eigenvalue weighted by molar-refractivity contribution is -0.384. The Labute approximate surface area is 87.1 Å². The lowest BCUT2D eigenvalue weighted by Gasteiger charge is -2.40. The van der Waals surface area contributed by atoms with Gasteiger partial charge in [-0.05, 0) is 12.1 Å². The highest BCUT2D eigenvalue weighted by Crippen LogP contribution is 2.25. The predicted molar refractivity (Wildman–Crippen MR) is 55.9 cm³/mol. The Kier molecular flexibility index (Phi) is 2.55. The van der Waals surface area contributed by atoms with Crippen LogP contribution in [0.3, 0.4) is 0 Å². The fourth-order valence-corrected chi connectivity index (χ4v) is 1.68. The van der Waals surface area contributed by atoms with Crippen molar-refractivity contribution in [2.24, 2.45) is 5.92 Å². The largest absolute Gasteiger partial charge is 0.396 e. The molecule has 1 heterocycles. The van der Waals surface area contributed by atoms with E-state index in [-0.39, 0.29) is 12.3 Å². The number of hydrogen-bond acceptors (Lipinski definition) is 4. The number of nitro benzene ring substituents is 1. The molecular formula is C10H12N2O3. The molecule has 5 nitrogen and oxygen atoms in total. The predicted octanol–water partition coefficient (Wildman–Crippen LogP) is 1.02. The third kappa shape index (κ3) is 1.92. The number of anilines is 1. The number of hydrogen-bond donors (Lipinski definition) is 1. The molecule has 0 spiro atoms. The van der Waals surface area contributed by atoms with E-state index in [0.29, 0.717) is 5.92 Å². The molecule has 0 saturated carbocycles. The summed E-state index contributed by atoms with van der Waals surface area (Å²) in [5.74, 6) is 0.347. The molecule has 0 aromatic heterocycles. The summed E-state index contributed by atoms with van der Waals surface area (Å²) in [6.07, 6.45) is 0. The van der Waals surface area contributed by atoms with Gasteiger partial charge in [0.15, 0.2) is 0 Å². The maximum Gasteiger partial charge on any atom is 0.269 e. The third-order valence-electron chi connectivity index (χ3n) is 2.64. The summed E-state index contributed by atoms with van der Waals surface area (Å²) in [7, 11) is 0. The second-order valence-corrected chi connectivity index (χ2v) is 3.73. The van der Waals surface area contributed by atoms with E-state index in [1.54, 1.807) is 12.1 Å². The minimum Gasteiger partial charge on any atom is -0.396 e. The number of aliphatic hydroxyl groups is 1. The normalized spacial score (nSPS) is 16.2. The molecule has 0 radical (unpaired) electrons. The Balaban J connectivity index is 2.02. The van der Waals surface area contributed by atoms with Gasteiger partial charge >= 0.3 is 0 Å². The lowest BCUT2D eigenvalue weighted by atomic mass is 10.0. The highest BCUT2D eigenvalue weighted by atomic mass is 16.6. The summed E-state index contributed by atoms with van der Waals surface area (Å²) in [6, 6.07) is 6.49. The number of rotatable bonds is 3. The van der Waals surface area contributed by atoms with Gasteiger partial charge < -0.3 is 10.0 Å². The fourth-order valence-electron chi connectivity index (χ4n) is 1.68. The Morgan fingerprint density at radius 1 is 1.40 bits per heavy atom. The van der Waals surface area contributed by atoms with Crippen molar-refractivity contribution in [2.75, 3.05) is 24.6 Å². The van der Waals surface area contributed by atoms with Crippen LogP contribution in [0.1, 0.15) is 0 Å². The van der Waals surface area contributed by atoms with E-state index in [1.165, 1.54) is 12.1 Å². The quantitative estimate of drug-likeness (QED) is 0.595. The maximum absolute atomic E-state index is 10.4. The van der Waals surface area contributed by atoms with Gasteiger partial charge in [-0.25, -0.2) is 0 Å². The van der Waals surface area contributed by atoms with Gasteiger partial charge in [0.25, 0.3) is 5.69 Å². The fraction of sp³-hybridized carbons (Fsp3) is 0.400. The zero-order chi connectivity index (χ0) is 10.8. The van der Waals surface area contributed by atoms with Gasteiger partial charge in [0.2, 0.25) is 0 Å². The molecule has 0 amide bonds. The highest BCUT2D eigenvalue weighted by Gasteiger charge is 2.26. The Morgan fingerprint density at radius 2 is 2.00 bits per heavy atom. The molecule has 1 aliphatic heterocycles. The first-order valence-corrected chi connectivity index (χ1v) is 4.81. The topological polar surface area (TPSA) is 66.6 Å². The Bertz CT molecular complexity index is 357. The molecule has 0 atom stereocenters. The Morgan fingerprint density at radius 3 is 2.47 bits per heavy atom. The van der Waals surface area contributed by atoms with Crippen LogP contribution in [0.2, 0.25) is 0 Å². The van der Waals surface area contributed by atoms with E-state index >= 15 is 0 Å². The smallest absolute Gasteiger partial charge is 0.269 e. The minimum atomic E-state index is -0.406. The van der Waals surface area contributed by atoms with Crippen molar-refractivity contribution in [3.8, 4) is 0 Å². The SMILES string of the molecule is O=[N+]([O-])c1ccc(N2CC(CO)C2)cc1. The third-order valence-corrected chi connectivity index (χ3v) is 2.64. The van der Waals surface area contributed by atoms with Crippen molar-refractivity contribution in [1.29, 1.82) is 0 Å². The van der Waals surface area contributed by atoms with Gasteiger partial charge in [0, 0.05) is 43.4 Å².